The van der Waals surface area contributed by atoms with Crippen LogP contribution < -0.4 is 0 Å². The largest absolute Gasteiger partial charge is 0.302 e. The maximum Gasteiger partial charge on any atom is 0.153 e. The number of hydrogen-bond donors (Lipinski definition) is 0. The number of rotatable bonds is 3. The third kappa shape index (κ3) is 1.73. The molecule has 0 radical (unpaired) electrons. The van der Waals surface area contributed by atoms with E-state index >= 15 is 0 Å². The molecule has 0 amide bonds. The third-order valence-electron chi connectivity index (χ3n) is 3.47. The van der Waals surface area contributed by atoms with Crippen LogP contribution in [0.25, 0.3) is 0 Å². The van der Waals surface area contributed by atoms with Crippen LogP contribution >= 0.6 is 0 Å². The number of benzene rings is 1. The molecule has 1 saturated carbocycles. The first-order valence-electron chi connectivity index (χ1n) is 5.50. The van der Waals surface area contributed by atoms with E-state index in [0.29, 0.717) is 6.29 Å². The normalized spacial score (nSPS) is 30.5. The molecule has 0 heterocycles. The van der Waals surface area contributed by atoms with Crippen LogP contribution in [0.2, 0.25) is 0 Å². The predicted octanol–water partition coefficient (Wildman–Crippen LogP) is 1.21. The first-order valence-corrected chi connectivity index (χ1v) is 7.45. The number of carbonyl (C=O) groups excluding carboxylic acids is 1. The van der Waals surface area contributed by atoms with Crippen LogP contribution in [0.15, 0.2) is 24.3 Å². The highest BCUT2D eigenvalue weighted by molar-refractivity contribution is 7.91. The van der Waals surface area contributed by atoms with Gasteiger partial charge in [0.15, 0.2) is 9.84 Å². The van der Waals surface area contributed by atoms with Gasteiger partial charge in [-0.1, -0.05) is 29.8 Å². The van der Waals surface area contributed by atoms with E-state index in [1.807, 2.05) is 25.1 Å². The number of nitrogens with zero attached hydrogens (tertiary/aromatic N) is 1. The summed E-state index contributed by atoms with van der Waals surface area (Å²) in [5.74, 6) is -0.546. The van der Waals surface area contributed by atoms with Crippen molar-refractivity contribution in [3.05, 3.63) is 35.4 Å². The fraction of sp³-hybridized carbons (Fsp3) is 0.385. The highest BCUT2D eigenvalue weighted by Gasteiger charge is 2.71. The summed E-state index contributed by atoms with van der Waals surface area (Å²) < 4.78 is 23.3. The Morgan fingerprint density at radius 1 is 1.33 bits per heavy atom. The SMILES string of the molecule is Cc1ccc(C2C(S(C)(=O)=O)C2(C#N)C=O)cc1. The highest BCUT2D eigenvalue weighted by Crippen LogP contribution is 2.61. The van der Waals surface area contributed by atoms with Crippen molar-refractivity contribution in [2.75, 3.05) is 6.26 Å². The zero-order valence-corrected chi connectivity index (χ0v) is 10.9. The molecule has 18 heavy (non-hydrogen) atoms. The lowest BCUT2D eigenvalue weighted by Gasteiger charge is -2.00. The number of hydrogen-bond acceptors (Lipinski definition) is 4. The van der Waals surface area contributed by atoms with E-state index in [4.69, 9.17) is 5.26 Å². The van der Waals surface area contributed by atoms with Crippen LogP contribution in [0, 0.1) is 23.7 Å². The fourth-order valence-corrected chi connectivity index (χ4v) is 4.26. The number of aryl methyl sites for hydroxylation is 1. The van der Waals surface area contributed by atoms with Crippen LogP contribution in [0.5, 0.6) is 0 Å². The summed E-state index contributed by atoms with van der Waals surface area (Å²) >= 11 is 0. The van der Waals surface area contributed by atoms with Crippen LogP contribution in [-0.2, 0) is 14.6 Å². The fourth-order valence-electron chi connectivity index (χ4n) is 2.50. The quantitative estimate of drug-likeness (QED) is 0.768. The number of nitriles is 1. The number of carbonyl (C=O) groups is 1. The van der Waals surface area contributed by atoms with Crippen molar-refractivity contribution in [1.82, 2.24) is 0 Å². The Labute approximate surface area is 106 Å². The summed E-state index contributed by atoms with van der Waals surface area (Å²) in [4.78, 5) is 11.1. The Hall–Kier alpha value is -1.67. The van der Waals surface area contributed by atoms with Gasteiger partial charge in [0.1, 0.15) is 11.7 Å². The molecule has 1 aromatic rings. The molecule has 1 aliphatic rings. The topological polar surface area (TPSA) is 75.0 Å². The van der Waals surface area contributed by atoms with Gasteiger partial charge < -0.3 is 4.79 Å². The Kier molecular flexibility index (Phi) is 2.78. The van der Waals surface area contributed by atoms with Crippen molar-refractivity contribution in [1.29, 1.82) is 5.26 Å². The standard InChI is InChI=1S/C13H13NO3S/c1-9-3-5-10(6-4-9)11-12(18(2,16)17)13(11,7-14)8-15/h3-6,8,11-12H,1-2H3. The number of aldehydes is 1. The summed E-state index contributed by atoms with van der Waals surface area (Å²) in [6.07, 6.45) is 1.55. The Morgan fingerprint density at radius 3 is 2.22 bits per heavy atom. The van der Waals surface area contributed by atoms with E-state index in [1.54, 1.807) is 12.1 Å². The molecule has 1 fully saturated rings. The first kappa shape index (κ1) is 12.8. The second-order valence-electron chi connectivity index (χ2n) is 4.80. The monoisotopic (exact) mass is 263 g/mol. The third-order valence-corrected chi connectivity index (χ3v) is 5.05. The van der Waals surface area contributed by atoms with Gasteiger partial charge in [0, 0.05) is 12.2 Å². The summed E-state index contributed by atoms with van der Waals surface area (Å²) in [6, 6.07) is 9.13. The van der Waals surface area contributed by atoms with E-state index in [-0.39, 0.29) is 0 Å². The Morgan fingerprint density at radius 2 is 1.89 bits per heavy atom. The van der Waals surface area contributed by atoms with Crippen LogP contribution in [0.4, 0.5) is 0 Å². The molecule has 0 bridgehead atoms. The van der Waals surface area contributed by atoms with Gasteiger partial charge in [0.2, 0.25) is 0 Å². The molecule has 4 nitrogen and oxygen atoms in total. The maximum absolute atomic E-state index is 11.7. The second kappa shape index (κ2) is 3.92. The maximum atomic E-state index is 11.7. The van der Waals surface area contributed by atoms with Gasteiger partial charge in [0.25, 0.3) is 0 Å². The van der Waals surface area contributed by atoms with E-state index in [9.17, 15) is 13.2 Å². The lowest BCUT2D eigenvalue weighted by atomic mass is 10.0. The first-order chi connectivity index (χ1) is 8.36. The minimum atomic E-state index is -3.42. The molecule has 2 rings (SSSR count). The van der Waals surface area contributed by atoms with Crippen molar-refractivity contribution >= 4 is 16.1 Å². The van der Waals surface area contributed by atoms with Gasteiger partial charge in [-0.25, -0.2) is 8.42 Å². The van der Waals surface area contributed by atoms with Gasteiger partial charge in [-0.05, 0) is 12.5 Å². The Balaban J connectivity index is 2.49. The predicted molar refractivity (Wildman–Crippen MR) is 66.7 cm³/mol. The van der Waals surface area contributed by atoms with Crippen molar-refractivity contribution in [3.63, 3.8) is 0 Å². The molecule has 1 aromatic carbocycles. The van der Waals surface area contributed by atoms with Gasteiger partial charge in [-0.15, -0.1) is 0 Å². The summed E-state index contributed by atoms with van der Waals surface area (Å²) in [7, 11) is -3.42. The molecule has 94 valence electrons. The molecule has 3 atom stereocenters. The molecular weight excluding hydrogens is 250 g/mol. The molecule has 0 spiro atoms. The van der Waals surface area contributed by atoms with Crippen molar-refractivity contribution in [2.24, 2.45) is 5.41 Å². The molecule has 0 N–H and O–H groups in total. The zero-order chi connectivity index (χ0) is 13.6. The molecule has 5 heteroatoms. The van der Waals surface area contributed by atoms with Gasteiger partial charge in [-0.3, -0.25) is 0 Å². The van der Waals surface area contributed by atoms with Crippen molar-refractivity contribution in [2.45, 2.75) is 18.1 Å². The summed E-state index contributed by atoms with van der Waals surface area (Å²) in [5.41, 5.74) is 0.358. The average molecular weight is 263 g/mol. The van der Waals surface area contributed by atoms with E-state index in [1.165, 1.54) is 0 Å². The van der Waals surface area contributed by atoms with Gasteiger partial charge in [0.05, 0.1) is 11.3 Å². The molecule has 3 unspecified atom stereocenters. The second-order valence-corrected chi connectivity index (χ2v) is 6.97. The van der Waals surface area contributed by atoms with E-state index in [0.717, 1.165) is 17.4 Å². The molecule has 0 saturated heterocycles. The van der Waals surface area contributed by atoms with Crippen LogP contribution in [-0.4, -0.2) is 26.2 Å². The zero-order valence-electron chi connectivity index (χ0n) is 10.1. The average Bonchev–Trinajstić information content (AvgIpc) is 3.00. The highest BCUT2D eigenvalue weighted by atomic mass is 32.2. The van der Waals surface area contributed by atoms with E-state index in [2.05, 4.69) is 0 Å². The van der Waals surface area contributed by atoms with Gasteiger partial charge >= 0.3 is 0 Å². The van der Waals surface area contributed by atoms with Crippen LogP contribution in [0.1, 0.15) is 17.0 Å². The minimum absolute atomic E-state index is 0.475. The molecule has 0 aliphatic heterocycles. The molecule has 0 aromatic heterocycles. The summed E-state index contributed by atoms with van der Waals surface area (Å²) in [5, 5.41) is 8.21. The smallest absolute Gasteiger partial charge is 0.153 e. The van der Waals surface area contributed by atoms with Crippen LogP contribution in [0.3, 0.4) is 0 Å². The summed E-state index contributed by atoms with van der Waals surface area (Å²) in [6.45, 7) is 1.92. The molecule has 1 aliphatic carbocycles. The minimum Gasteiger partial charge on any atom is -0.302 e. The molecular formula is C13H13NO3S. The van der Waals surface area contributed by atoms with Crippen molar-refractivity contribution < 1.29 is 13.2 Å². The lowest BCUT2D eigenvalue weighted by Crippen LogP contribution is -2.14. The number of sulfone groups is 1. The lowest BCUT2D eigenvalue weighted by molar-refractivity contribution is -0.110. The van der Waals surface area contributed by atoms with Gasteiger partial charge in [-0.2, -0.15) is 5.26 Å². The van der Waals surface area contributed by atoms with Crippen molar-refractivity contribution in [3.8, 4) is 6.07 Å². The van der Waals surface area contributed by atoms with E-state index < -0.39 is 26.4 Å². The Bertz CT molecular complexity index is 627.